The van der Waals surface area contributed by atoms with Gasteiger partial charge in [-0.2, -0.15) is 0 Å². The summed E-state index contributed by atoms with van der Waals surface area (Å²) in [5.74, 6) is -9.27. The normalized spacial score (nSPS) is 18.4. The van der Waals surface area contributed by atoms with Crippen LogP contribution in [0.2, 0.25) is 0 Å². The van der Waals surface area contributed by atoms with Crippen molar-refractivity contribution in [3.05, 3.63) is 78.0 Å². The summed E-state index contributed by atoms with van der Waals surface area (Å²) in [6, 6.07) is 7.16. The Balaban J connectivity index is 1.27. The zero-order valence-corrected chi connectivity index (χ0v) is 50.8. The lowest BCUT2D eigenvalue weighted by Gasteiger charge is -2.30. The Morgan fingerprint density at radius 2 is 1.48 bits per heavy atom. The van der Waals surface area contributed by atoms with Gasteiger partial charge in [-0.05, 0) is 80.2 Å². The molecular weight excluding hydrogens is 1120 g/mol. The van der Waals surface area contributed by atoms with E-state index in [2.05, 4.69) is 36.6 Å². The van der Waals surface area contributed by atoms with E-state index in [0.717, 1.165) is 53.5 Å². The maximum absolute atomic E-state index is 14.3. The minimum Gasteiger partial charge on any atom is -0.508 e. The van der Waals surface area contributed by atoms with Gasteiger partial charge in [0.05, 0.1) is 36.6 Å². The van der Waals surface area contributed by atoms with Crippen molar-refractivity contribution in [3.8, 4) is 5.75 Å². The smallest absolute Gasteiger partial charge is 0.246 e. The van der Waals surface area contributed by atoms with Gasteiger partial charge in [-0.15, -0.1) is 0 Å². The highest BCUT2D eigenvalue weighted by Gasteiger charge is 2.43. The summed E-state index contributed by atoms with van der Waals surface area (Å²) in [4.78, 5) is 145. The molecule has 1 saturated heterocycles. The van der Waals surface area contributed by atoms with Crippen LogP contribution in [0.25, 0.3) is 10.9 Å². The first-order valence-electron chi connectivity index (χ1n) is 30.3. The molecule has 1 aliphatic heterocycles. The Morgan fingerprint density at radius 3 is 2.13 bits per heavy atom. The van der Waals surface area contributed by atoms with Crippen molar-refractivity contribution >= 4 is 75.6 Å². The van der Waals surface area contributed by atoms with E-state index in [0.29, 0.717) is 31.4 Å². The fourth-order valence-corrected chi connectivity index (χ4v) is 11.6. The molecule has 3 aromatic rings. The monoisotopic (exact) mass is 1210 g/mol. The SMILES string of the molecule is CN=C(N)NCCC[C@H](CC(=O)[C@@H](/C=C/CCC(=O)[C@H](CC1CCCCC1)NC(=O)[C@@H](CC(=O)[C@H](CC(N)=O)NC(=O)[C@@H]1C[C@@H](O)CN1C(=O)[C@@H](Cc1ccc(O)cc1)NC(C)=O)[C@@H](C)O)CC(C)C)C(=O)N[C@@H](Cc1c[nH]c2ccccc12)C(N)=O. The lowest BCUT2D eigenvalue weighted by molar-refractivity contribution is -0.142. The van der Waals surface area contributed by atoms with Crippen LogP contribution < -0.4 is 43.8 Å². The number of H-pyrrole nitrogens is 1. The average molecular weight is 1210 g/mol. The number of aromatic amines is 1. The van der Waals surface area contributed by atoms with Crippen molar-refractivity contribution in [2.75, 3.05) is 20.1 Å². The Hall–Kier alpha value is -7.99. The maximum Gasteiger partial charge on any atom is 0.246 e. The Labute approximate surface area is 508 Å². The molecule has 0 radical (unpaired) electrons. The molecule has 2 fully saturated rings. The van der Waals surface area contributed by atoms with E-state index < -0.39 is 120 Å². The number of primary amides is 2. The van der Waals surface area contributed by atoms with Crippen LogP contribution >= 0.6 is 0 Å². The zero-order valence-electron chi connectivity index (χ0n) is 50.8. The summed E-state index contributed by atoms with van der Waals surface area (Å²) in [7, 11) is 1.53. The van der Waals surface area contributed by atoms with Crippen LogP contribution in [0.4, 0.5) is 0 Å². The standard InChI is InChI=1S/C63H91N11O13/c1-36(2)26-41(55(80)30-42(17-13-25-68-63(66)67-5)59(84)73-51(58(65)83)29-43-34-69-48-19-11-10-18-46(43)48)16-9-12-20-54(79)49(27-39-14-7-6-8-15-39)71-60(85)47(37(3)75)32-56(81)50(33-57(64)82)72-61(86)53-31-45(78)35-74(53)62(87)52(70-38(4)76)28-40-21-23-44(77)24-22-40/h9-11,16,18-19,21-24,34,36-37,39,41-42,45,47,49-53,69,75,77-78H,6-8,12-15,17,20,25-33,35H2,1-5H3,(H2,64,82)(H2,65,83)(H,70,76)(H,71,85)(H,72,86)(H,73,84)(H3,66,67,68)/b16-9+/t37-,41+,42-,45-,47+,49+,50+,51+,52-,53+/m1/s1. The molecular formula is C63H91N11O13. The number of para-hydroxylation sites is 1. The Kier molecular flexibility index (Phi) is 27.6. The number of nitrogens with one attached hydrogen (secondary N) is 6. The Bertz CT molecular complexity index is 2920. The number of aromatic hydroxyl groups is 1. The number of aromatic nitrogens is 1. The number of benzene rings is 2. The molecule has 476 valence electrons. The van der Waals surface area contributed by atoms with Gasteiger partial charge in [0.1, 0.15) is 29.7 Å². The number of allylic oxidation sites excluding steroid dienone is 2. The number of ketones is 3. The van der Waals surface area contributed by atoms with Crippen molar-refractivity contribution in [3.63, 3.8) is 0 Å². The van der Waals surface area contributed by atoms with Gasteiger partial charge in [-0.25, -0.2) is 0 Å². The molecule has 1 aliphatic carbocycles. The second-order valence-corrected chi connectivity index (χ2v) is 23.8. The summed E-state index contributed by atoms with van der Waals surface area (Å²) in [5.41, 5.74) is 19.4. The van der Waals surface area contributed by atoms with E-state index in [1.165, 1.54) is 33.0 Å². The molecule has 1 saturated carbocycles. The summed E-state index contributed by atoms with van der Waals surface area (Å²) < 4.78 is 0. The lowest BCUT2D eigenvalue weighted by Crippen LogP contribution is -2.56. The molecule has 1 aromatic heterocycles. The number of rotatable bonds is 35. The topological polar surface area (TPSA) is 401 Å². The highest BCUT2D eigenvalue weighted by molar-refractivity contribution is 5.99. The number of fused-ring (bicyclic) bond motifs is 1. The number of Topliss-reactive ketones (excluding diaryl/α,β-unsaturated/α-hetero) is 3. The molecule has 10 atom stereocenters. The minimum atomic E-state index is -1.64. The second kappa shape index (κ2) is 34.4. The molecule has 0 spiro atoms. The van der Waals surface area contributed by atoms with Crippen LogP contribution in [0.15, 0.2) is 71.9 Å². The van der Waals surface area contributed by atoms with Gasteiger partial charge in [0.2, 0.25) is 41.4 Å². The molecule has 5 rings (SSSR count). The fraction of sp³-hybridized carbons (Fsp3) is 0.571. The second-order valence-electron chi connectivity index (χ2n) is 23.8. The number of hydrogen-bond donors (Lipinski definition) is 12. The predicted molar refractivity (Wildman–Crippen MR) is 327 cm³/mol. The number of amides is 7. The number of phenols is 1. The van der Waals surface area contributed by atoms with E-state index in [1.807, 2.05) is 38.1 Å². The third-order valence-electron chi connectivity index (χ3n) is 16.3. The van der Waals surface area contributed by atoms with Crippen LogP contribution in [0.1, 0.15) is 135 Å². The number of nitrogens with zero attached hydrogens (tertiary/aromatic N) is 2. The molecule has 87 heavy (non-hydrogen) atoms. The molecule has 7 amide bonds. The summed E-state index contributed by atoms with van der Waals surface area (Å²) in [5, 5.41) is 46.1. The Morgan fingerprint density at radius 1 is 0.793 bits per heavy atom. The first-order valence-corrected chi connectivity index (χ1v) is 30.3. The van der Waals surface area contributed by atoms with Crippen LogP contribution in [0, 0.1) is 29.6 Å². The van der Waals surface area contributed by atoms with E-state index in [4.69, 9.17) is 17.2 Å². The minimum absolute atomic E-state index is 0.0213. The number of guanidine groups is 1. The molecule has 2 heterocycles. The number of carbonyl (C=O) groups excluding carboxylic acids is 10. The molecule has 0 unspecified atom stereocenters. The number of aliphatic hydroxyl groups is 2. The number of phenolic OH excluding ortho intramolecular Hbond substituents is 1. The molecule has 24 heteroatoms. The van der Waals surface area contributed by atoms with Gasteiger partial charge in [-0.3, -0.25) is 52.9 Å². The maximum atomic E-state index is 14.3. The van der Waals surface area contributed by atoms with Gasteiger partial charge in [-0.1, -0.05) is 88.4 Å². The molecule has 24 nitrogen and oxygen atoms in total. The lowest BCUT2D eigenvalue weighted by atomic mass is 9.83. The van der Waals surface area contributed by atoms with Crippen LogP contribution in [-0.2, 0) is 60.8 Å². The highest BCUT2D eigenvalue weighted by atomic mass is 16.3. The van der Waals surface area contributed by atoms with Crippen LogP contribution in [0.3, 0.4) is 0 Å². The number of aliphatic hydroxyl groups excluding tert-OH is 2. The summed E-state index contributed by atoms with van der Waals surface area (Å²) in [6.45, 7) is 6.49. The van der Waals surface area contributed by atoms with Crippen molar-refractivity contribution in [1.82, 2.24) is 36.5 Å². The average Bonchev–Trinajstić information content (AvgIpc) is 3.52. The quantitative estimate of drug-likeness (QED) is 0.0174. The van der Waals surface area contributed by atoms with E-state index in [1.54, 1.807) is 30.5 Å². The van der Waals surface area contributed by atoms with Gasteiger partial charge >= 0.3 is 0 Å². The van der Waals surface area contributed by atoms with Gasteiger partial charge in [0.25, 0.3) is 0 Å². The molecule has 15 N–H and O–H groups in total. The van der Waals surface area contributed by atoms with E-state index in [9.17, 15) is 63.3 Å². The molecule has 2 aromatic carbocycles. The first kappa shape index (κ1) is 69.8. The predicted octanol–water partition coefficient (Wildman–Crippen LogP) is 2.32. The number of aliphatic imine (C=N–C) groups is 1. The fourth-order valence-electron chi connectivity index (χ4n) is 11.6. The number of carbonyl (C=O) groups is 10. The molecule has 2 aliphatic rings. The van der Waals surface area contributed by atoms with Crippen molar-refractivity contribution in [2.24, 2.45) is 51.8 Å². The molecule has 0 bridgehead atoms. The van der Waals surface area contributed by atoms with Crippen molar-refractivity contribution < 1.29 is 63.3 Å². The van der Waals surface area contributed by atoms with Crippen LogP contribution in [-0.4, -0.2) is 152 Å². The number of likely N-dealkylation sites (tertiary alicyclic amines) is 1. The van der Waals surface area contributed by atoms with Crippen molar-refractivity contribution in [2.45, 2.75) is 179 Å². The van der Waals surface area contributed by atoms with Gasteiger partial charge < -0.3 is 69.0 Å². The number of hydrogen-bond acceptors (Lipinski definition) is 14. The number of nitrogens with two attached hydrogens (primary N) is 3. The van der Waals surface area contributed by atoms with Gasteiger partial charge in [0, 0.05) is 94.5 Å². The van der Waals surface area contributed by atoms with Crippen LogP contribution in [0.5, 0.6) is 5.75 Å². The number of β-amino-alcohol motifs (C(OH)–C–C–N with tert-alkyl or cyclic N) is 1. The summed E-state index contributed by atoms with van der Waals surface area (Å²) >= 11 is 0. The summed E-state index contributed by atoms with van der Waals surface area (Å²) in [6.07, 6.45) is 6.94. The third kappa shape index (κ3) is 22.3. The van der Waals surface area contributed by atoms with E-state index >= 15 is 0 Å². The van der Waals surface area contributed by atoms with Gasteiger partial charge in [0.15, 0.2) is 17.5 Å². The van der Waals surface area contributed by atoms with E-state index in [-0.39, 0.29) is 86.6 Å². The highest BCUT2D eigenvalue weighted by Crippen LogP contribution is 2.30. The first-order chi connectivity index (χ1) is 41.3. The third-order valence-corrected chi connectivity index (χ3v) is 16.3. The largest absolute Gasteiger partial charge is 0.508 e. The van der Waals surface area contributed by atoms with Crippen molar-refractivity contribution in [1.29, 1.82) is 0 Å². The zero-order chi connectivity index (χ0) is 63.9.